The van der Waals surface area contributed by atoms with Crippen molar-refractivity contribution in [1.82, 2.24) is 5.32 Å². The average molecular weight is 282 g/mol. The first-order chi connectivity index (χ1) is 9.06. The van der Waals surface area contributed by atoms with Gasteiger partial charge < -0.3 is 15.5 Å². The zero-order chi connectivity index (χ0) is 13.8. The lowest BCUT2D eigenvalue weighted by Crippen LogP contribution is -2.30. The predicted molar refractivity (Wildman–Crippen MR) is 80.0 cm³/mol. The highest BCUT2D eigenvalue weighted by Gasteiger charge is 2.20. The van der Waals surface area contributed by atoms with Gasteiger partial charge in [0.2, 0.25) is 5.91 Å². The third-order valence-corrected chi connectivity index (χ3v) is 3.37. The van der Waals surface area contributed by atoms with E-state index in [1.54, 1.807) is 6.07 Å². The van der Waals surface area contributed by atoms with E-state index in [1.165, 1.54) is 12.8 Å². The van der Waals surface area contributed by atoms with Gasteiger partial charge in [0.25, 0.3) is 0 Å². The number of halogens is 1. The lowest BCUT2D eigenvalue weighted by molar-refractivity contribution is -0.115. The van der Waals surface area contributed by atoms with Crippen LogP contribution in [0.5, 0.6) is 0 Å². The van der Waals surface area contributed by atoms with Gasteiger partial charge >= 0.3 is 0 Å². The molecule has 1 fully saturated rings. The van der Waals surface area contributed by atoms with Gasteiger partial charge in [-0.3, -0.25) is 4.79 Å². The topological polar surface area (TPSA) is 44.4 Å². The van der Waals surface area contributed by atoms with Crippen LogP contribution >= 0.6 is 11.6 Å². The molecule has 2 rings (SSSR count). The first-order valence-electron chi connectivity index (χ1n) is 6.53. The number of hydrogen-bond donors (Lipinski definition) is 2. The van der Waals surface area contributed by atoms with Gasteiger partial charge in [0.15, 0.2) is 0 Å². The lowest BCUT2D eigenvalue weighted by atomic mass is 10.2. The van der Waals surface area contributed by atoms with Crippen LogP contribution in [-0.2, 0) is 4.79 Å². The molecule has 0 atom stereocenters. The number of hydrogen-bond acceptors (Lipinski definition) is 3. The van der Waals surface area contributed by atoms with Crippen LogP contribution < -0.4 is 15.5 Å². The van der Waals surface area contributed by atoms with Crippen molar-refractivity contribution in [2.75, 3.05) is 37.4 Å². The predicted octanol–water partition coefficient (Wildman–Crippen LogP) is 2.34. The molecule has 0 unspecified atom stereocenters. The van der Waals surface area contributed by atoms with Gasteiger partial charge in [-0.25, -0.2) is 0 Å². The number of amides is 1. The Morgan fingerprint density at radius 1 is 1.42 bits per heavy atom. The normalized spacial score (nSPS) is 14.3. The molecule has 19 heavy (non-hydrogen) atoms. The number of carbonyl (C=O) groups excluding carboxylic acids is 1. The Hall–Kier alpha value is -1.26. The number of carbonyl (C=O) groups is 1. The van der Waals surface area contributed by atoms with Gasteiger partial charge in [0.05, 0.1) is 17.9 Å². The summed E-state index contributed by atoms with van der Waals surface area (Å²) in [5.41, 5.74) is 1.69. The van der Waals surface area contributed by atoms with Crippen molar-refractivity contribution in [1.29, 1.82) is 0 Å². The molecule has 4 nitrogen and oxygen atoms in total. The summed E-state index contributed by atoms with van der Waals surface area (Å²) in [6.45, 7) is 1.28. The van der Waals surface area contributed by atoms with E-state index in [-0.39, 0.29) is 5.91 Å². The quantitative estimate of drug-likeness (QED) is 0.841. The minimum absolute atomic E-state index is 0.0361. The minimum Gasteiger partial charge on any atom is -0.376 e. The number of anilines is 2. The molecule has 0 bridgehead atoms. The molecule has 0 saturated heterocycles. The van der Waals surface area contributed by atoms with Crippen LogP contribution in [0.3, 0.4) is 0 Å². The molecule has 1 aliphatic rings. The molecule has 0 aliphatic heterocycles. The van der Waals surface area contributed by atoms with E-state index >= 15 is 0 Å². The molecule has 104 valence electrons. The van der Waals surface area contributed by atoms with E-state index in [0.717, 1.165) is 23.8 Å². The minimum atomic E-state index is -0.0361. The van der Waals surface area contributed by atoms with Gasteiger partial charge in [0.1, 0.15) is 0 Å². The zero-order valence-electron chi connectivity index (χ0n) is 11.4. The van der Waals surface area contributed by atoms with Crippen molar-refractivity contribution >= 4 is 28.9 Å². The molecule has 1 aromatic carbocycles. The van der Waals surface area contributed by atoms with E-state index in [9.17, 15) is 4.79 Å². The van der Waals surface area contributed by atoms with E-state index in [0.29, 0.717) is 11.6 Å². The molecular formula is C14H20ClN3O. The van der Waals surface area contributed by atoms with Crippen LogP contribution in [0.1, 0.15) is 12.8 Å². The summed E-state index contributed by atoms with van der Waals surface area (Å²) in [6.07, 6.45) is 2.57. The maximum atomic E-state index is 11.9. The van der Waals surface area contributed by atoms with Crippen molar-refractivity contribution in [3.8, 4) is 0 Å². The molecule has 0 heterocycles. The summed E-state index contributed by atoms with van der Waals surface area (Å²) in [6, 6.07) is 5.49. The van der Waals surface area contributed by atoms with Crippen molar-refractivity contribution in [2.24, 2.45) is 5.92 Å². The summed E-state index contributed by atoms with van der Waals surface area (Å²) < 4.78 is 0. The Kier molecular flexibility index (Phi) is 4.66. The molecule has 0 aromatic heterocycles. The standard InChI is InChI=1S/C14H20ClN3O/c1-18(2)13-6-5-11(15)7-12(13)17-14(19)9-16-8-10-3-4-10/h5-7,10,16H,3-4,8-9H2,1-2H3,(H,17,19). The highest BCUT2D eigenvalue weighted by molar-refractivity contribution is 6.31. The molecule has 2 N–H and O–H groups in total. The van der Waals surface area contributed by atoms with Crippen molar-refractivity contribution in [2.45, 2.75) is 12.8 Å². The van der Waals surface area contributed by atoms with Gasteiger partial charge in [-0.2, -0.15) is 0 Å². The summed E-state index contributed by atoms with van der Waals surface area (Å²) in [4.78, 5) is 13.8. The van der Waals surface area contributed by atoms with E-state index < -0.39 is 0 Å². The maximum absolute atomic E-state index is 11.9. The fraction of sp³-hybridized carbons (Fsp3) is 0.500. The van der Waals surface area contributed by atoms with E-state index in [4.69, 9.17) is 11.6 Å². The van der Waals surface area contributed by atoms with E-state index in [2.05, 4.69) is 10.6 Å². The Balaban J connectivity index is 1.92. The van der Waals surface area contributed by atoms with Crippen LogP contribution in [0.15, 0.2) is 18.2 Å². The Morgan fingerprint density at radius 2 is 2.16 bits per heavy atom. The summed E-state index contributed by atoms with van der Waals surface area (Å²) in [7, 11) is 3.87. The highest BCUT2D eigenvalue weighted by atomic mass is 35.5. The molecule has 1 aliphatic carbocycles. The van der Waals surface area contributed by atoms with Gasteiger partial charge in [-0.05, 0) is 43.5 Å². The first kappa shape index (κ1) is 14.2. The van der Waals surface area contributed by atoms with Crippen LogP contribution in [0.4, 0.5) is 11.4 Å². The average Bonchev–Trinajstić information content (AvgIpc) is 3.12. The maximum Gasteiger partial charge on any atom is 0.238 e. The van der Waals surface area contributed by atoms with Gasteiger partial charge in [-0.15, -0.1) is 0 Å². The Labute approximate surface area is 119 Å². The van der Waals surface area contributed by atoms with Crippen molar-refractivity contribution < 1.29 is 4.79 Å². The number of nitrogens with zero attached hydrogens (tertiary/aromatic N) is 1. The van der Waals surface area contributed by atoms with Crippen LogP contribution in [-0.4, -0.2) is 33.1 Å². The highest BCUT2D eigenvalue weighted by Crippen LogP contribution is 2.28. The monoisotopic (exact) mass is 281 g/mol. The Bertz CT molecular complexity index is 458. The largest absolute Gasteiger partial charge is 0.376 e. The number of rotatable bonds is 6. The zero-order valence-corrected chi connectivity index (χ0v) is 12.1. The molecular weight excluding hydrogens is 262 g/mol. The fourth-order valence-electron chi connectivity index (χ4n) is 1.90. The van der Waals surface area contributed by atoms with Crippen LogP contribution in [0.25, 0.3) is 0 Å². The SMILES string of the molecule is CN(C)c1ccc(Cl)cc1NC(=O)CNCC1CC1. The molecule has 1 saturated carbocycles. The molecule has 1 aromatic rings. The second-order valence-electron chi connectivity index (χ2n) is 5.18. The third kappa shape index (κ3) is 4.40. The summed E-state index contributed by atoms with van der Waals surface area (Å²) in [5, 5.41) is 6.69. The third-order valence-electron chi connectivity index (χ3n) is 3.13. The van der Waals surface area contributed by atoms with Crippen LogP contribution in [0.2, 0.25) is 5.02 Å². The number of benzene rings is 1. The molecule has 5 heteroatoms. The molecule has 0 radical (unpaired) electrons. The summed E-state index contributed by atoms with van der Waals surface area (Å²) >= 11 is 5.97. The van der Waals surface area contributed by atoms with Crippen molar-refractivity contribution in [3.63, 3.8) is 0 Å². The smallest absolute Gasteiger partial charge is 0.238 e. The molecule has 1 amide bonds. The van der Waals surface area contributed by atoms with Crippen molar-refractivity contribution in [3.05, 3.63) is 23.2 Å². The second-order valence-corrected chi connectivity index (χ2v) is 5.61. The van der Waals surface area contributed by atoms with Gasteiger partial charge in [-0.1, -0.05) is 11.6 Å². The summed E-state index contributed by atoms with van der Waals surface area (Å²) in [5.74, 6) is 0.738. The van der Waals surface area contributed by atoms with Crippen LogP contribution in [0, 0.1) is 5.92 Å². The first-order valence-corrected chi connectivity index (χ1v) is 6.91. The molecule has 0 spiro atoms. The Morgan fingerprint density at radius 3 is 2.79 bits per heavy atom. The second kappa shape index (κ2) is 6.26. The van der Waals surface area contributed by atoms with Gasteiger partial charge in [0, 0.05) is 19.1 Å². The number of nitrogens with one attached hydrogen (secondary N) is 2. The fourth-order valence-corrected chi connectivity index (χ4v) is 2.08. The lowest BCUT2D eigenvalue weighted by Gasteiger charge is -2.18. The van der Waals surface area contributed by atoms with E-state index in [1.807, 2.05) is 31.1 Å².